The molecular formula is C20H27ClN2O2. The van der Waals surface area contributed by atoms with Crippen LogP contribution in [0.15, 0.2) is 24.3 Å². The Morgan fingerprint density at radius 3 is 2.76 bits per heavy atom. The molecule has 2 amide bonds. The fraction of sp³-hybridized carbons (Fsp3) is 0.600. The number of piperidine rings is 1. The van der Waals surface area contributed by atoms with Crippen LogP contribution in [0.1, 0.15) is 51.0 Å². The molecule has 1 aromatic rings. The van der Waals surface area contributed by atoms with Gasteiger partial charge < -0.3 is 10.6 Å². The number of benzene rings is 1. The molecule has 0 spiro atoms. The van der Waals surface area contributed by atoms with Gasteiger partial charge in [-0.1, -0.05) is 37.1 Å². The molecule has 1 aromatic carbocycles. The van der Waals surface area contributed by atoms with E-state index in [2.05, 4.69) is 17.6 Å². The van der Waals surface area contributed by atoms with E-state index in [0.717, 1.165) is 37.7 Å². The zero-order valence-corrected chi connectivity index (χ0v) is 15.5. The highest BCUT2D eigenvalue weighted by Gasteiger charge is 2.40. The van der Waals surface area contributed by atoms with E-state index in [1.165, 1.54) is 0 Å². The van der Waals surface area contributed by atoms with Crippen LogP contribution in [0.2, 0.25) is 5.02 Å². The van der Waals surface area contributed by atoms with Crippen molar-refractivity contribution in [3.05, 3.63) is 34.9 Å². The number of carbonyl (C=O) groups excluding carboxylic acids is 2. The first-order valence-corrected chi connectivity index (χ1v) is 9.76. The molecule has 2 fully saturated rings. The number of fused-ring (bicyclic) bond motifs is 1. The normalized spacial score (nSPS) is 28.8. The Hall–Kier alpha value is -1.55. The van der Waals surface area contributed by atoms with Gasteiger partial charge >= 0.3 is 0 Å². The van der Waals surface area contributed by atoms with Gasteiger partial charge in [0.1, 0.15) is 0 Å². The fourth-order valence-corrected chi connectivity index (χ4v) is 4.59. The molecule has 5 heteroatoms. The minimum Gasteiger partial charge on any atom is -0.353 e. The highest BCUT2D eigenvalue weighted by atomic mass is 35.5. The lowest BCUT2D eigenvalue weighted by Crippen LogP contribution is -2.55. The van der Waals surface area contributed by atoms with Crippen molar-refractivity contribution in [1.82, 2.24) is 10.6 Å². The Balaban J connectivity index is 1.54. The van der Waals surface area contributed by atoms with Crippen molar-refractivity contribution in [3.63, 3.8) is 0 Å². The van der Waals surface area contributed by atoms with Gasteiger partial charge in [0.2, 0.25) is 11.8 Å². The molecule has 1 heterocycles. The molecule has 4 unspecified atom stereocenters. The lowest BCUT2D eigenvalue weighted by molar-refractivity contribution is -0.127. The maximum absolute atomic E-state index is 12.3. The average Bonchev–Trinajstić information content (AvgIpc) is 2.56. The van der Waals surface area contributed by atoms with Crippen molar-refractivity contribution in [2.24, 2.45) is 11.8 Å². The Bertz CT molecular complexity index is 617. The van der Waals surface area contributed by atoms with E-state index >= 15 is 0 Å². The SMILES string of the molecule is CCCC1CC(=O)NC2CC(NC(=O)Cc3ccc(Cl)cc3)CCC12. The van der Waals surface area contributed by atoms with Crippen LogP contribution in [0.4, 0.5) is 0 Å². The summed E-state index contributed by atoms with van der Waals surface area (Å²) in [5, 5.41) is 6.99. The van der Waals surface area contributed by atoms with E-state index in [4.69, 9.17) is 11.6 Å². The summed E-state index contributed by atoms with van der Waals surface area (Å²) in [6.07, 6.45) is 6.23. The second kappa shape index (κ2) is 8.22. The molecule has 0 aromatic heterocycles. The summed E-state index contributed by atoms with van der Waals surface area (Å²) >= 11 is 5.88. The van der Waals surface area contributed by atoms with Gasteiger partial charge in [0.25, 0.3) is 0 Å². The van der Waals surface area contributed by atoms with Crippen LogP contribution in [0.3, 0.4) is 0 Å². The fourth-order valence-electron chi connectivity index (χ4n) is 4.46. The van der Waals surface area contributed by atoms with Gasteiger partial charge in [-0.3, -0.25) is 9.59 Å². The van der Waals surface area contributed by atoms with Crippen molar-refractivity contribution < 1.29 is 9.59 Å². The van der Waals surface area contributed by atoms with Gasteiger partial charge in [-0.15, -0.1) is 0 Å². The summed E-state index contributed by atoms with van der Waals surface area (Å²) in [6.45, 7) is 2.18. The second-order valence-corrected chi connectivity index (χ2v) is 7.91. The number of hydrogen-bond acceptors (Lipinski definition) is 2. The topological polar surface area (TPSA) is 58.2 Å². The predicted molar refractivity (Wildman–Crippen MR) is 99.4 cm³/mol. The van der Waals surface area contributed by atoms with Crippen LogP contribution in [0.5, 0.6) is 0 Å². The van der Waals surface area contributed by atoms with E-state index in [1.54, 1.807) is 12.1 Å². The highest BCUT2D eigenvalue weighted by Crippen LogP contribution is 2.37. The Kier molecular flexibility index (Phi) is 6.00. The maximum atomic E-state index is 12.3. The molecule has 25 heavy (non-hydrogen) atoms. The maximum Gasteiger partial charge on any atom is 0.224 e. The van der Waals surface area contributed by atoms with E-state index in [0.29, 0.717) is 29.7 Å². The molecule has 4 atom stereocenters. The number of hydrogen-bond donors (Lipinski definition) is 2. The van der Waals surface area contributed by atoms with Gasteiger partial charge in [0.15, 0.2) is 0 Å². The van der Waals surface area contributed by atoms with Crippen LogP contribution in [0, 0.1) is 11.8 Å². The first kappa shape index (κ1) is 18.2. The largest absolute Gasteiger partial charge is 0.353 e. The van der Waals surface area contributed by atoms with Gasteiger partial charge in [0.05, 0.1) is 6.42 Å². The lowest BCUT2D eigenvalue weighted by Gasteiger charge is -2.44. The molecule has 4 nitrogen and oxygen atoms in total. The molecule has 2 N–H and O–H groups in total. The quantitative estimate of drug-likeness (QED) is 0.842. The predicted octanol–water partition coefficient (Wildman–Crippen LogP) is 3.47. The molecule has 136 valence electrons. The summed E-state index contributed by atoms with van der Waals surface area (Å²) in [5.74, 6) is 1.29. The third kappa shape index (κ3) is 4.75. The van der Waals surface area contributed by atoms with E-state index < -0.39 is 0 Å². The van der Waals surface area contributed by atoms with Crippen LogP contribution >= 0.6 is 11.6 Å². The number of amides is 2. The van der Waals surface area contributed by atoms with E-state index in [9.17, 15) is 9.59 Å². The molecule has 2 aliphatic rings. The minimum absolute atomic E-state index is 0.0398. The minimum atomic E-state index is 0.0398. The van der Waals surface area contributed by atoms with Crippen LogP contribution in [-0.2, 0) is 16.0 Å². The Morgan fingerprint density at radius 1 is 1.28 bits per heavy atom. The molecule has 1 aliphatic heterocycles. The van der Waals surface area contributed by atoms with Gasteiger partial charge in [-0.2, -0.15) is 0 Å². The molecule has 1 saturated heterocycles. The first-order valence-electron chi connectivity index (χ1n) is 9.38. The monoisotopic (exact) mass is 362 g/mol. The van der Waals surface area contributed by atoms with Gasteiger partial charge in [-0.05, 0) is 55.2 Å². The number of rotatable bonds is 5. The number of nitrogens with one attached hydrogen (secondary N) is 2. The summed E-state index contributed by atoms with van der Waals surface area (Å²) in [6, 6.07) is 7.75. The Morgan fingerprint density at radius 2 is 2.04 bits per heavy atom. The van der Waals surface area contributed by atoms with Crippen molar-refractivity contribution in [2.75, 3.05) is 0 Å². The molecule has 3 rings (SSSR count). The standard InChI is InChI=1S/C20H27ClN2O2/c1-2-3-14-11-20(25)23-18-12-16(8-9-17(14)18)22-19(24)10-13-4-6-15(21)7-5-13/h4-7,14,16-18H,2-3,8-12H2,1H3,(H,22,24)(H,23,25). The lowest BCUT2D eigenvalue weighted by atomic mass is 9.70. The molecule has 1 saturated carbocycles. The molecular weight excluding hydrogens is 336 g/mol. The summed E-state index contributed by atoms with van der Waals surface area (Å²) in [5.41, 5.74) is 0.963. The molecule has 0 radical (unpaired) electrons. The van der Waals surface area contributed by atoms with Crippen molar-refractivity contribution >= 4 is 23.4 Å². The van der Waals surface area contributed by atoms with Gasteiger partial charge in [0, 0.05) is 23.5 Å². The van der Waals surface area contributed by atoms with Crippen molar-refractivity contribution in [1.29, 1.82) is 0 Å². The number of carbonyl (C=O) groups is 2. The molecule has 1 aliphatic carbocycles. The van der Waals surface area contributed by atoms with Crippen LogP contribution in [0.25, 0.3) is 0 Å². The van der Waals surface area contributed by atoms with Crippen LogP contribution < -0.4 is 10.6 Å². The third-order valence-corrected chi connectivity index (χ3v) is 5.86. The highest BCUT2D eigenvalue weighted by molar-refractivity contribution is 6.30. The van der Waals surface area contributed by atoms with E-state index in [-0.39, 0.29) is 23.9 Å². The Labute approximate surface area is 154 Å². The number of halogens is 1. The molecule has 0 bridgehead atoms. The zero-order valence-electron chi connectivity index (χ0n) is 14.8. The average molecular weight is 363 g/mol. The third-order valence-electron chi connectivity index (χ3n) is 5.61. The second-order valence-electron chi connectivity index (χ2n) is 7.47. The first-order chi connectivity index (χ1) is 12.0. The van der Waals surface area contributed by atoms with Crippen molar-refractivity contribution in [3.8, 4) is 0 Å². The van der Waals surface area contributed by atoms with Crippen LogP contribution in [-0.4, -0.2) is 23.9 Å². The summed E-state index contributed by atoms with van der Waals surface area (Å²) in [4.78, 5) is 24.3. The zero-order chi connectivity index (χ0) is 17.8. The summed E-state index contributed by atoms with van der Waals surface area (Å²) in [7, 11) is 0. The van der Waals surface area contributed by atoms with Gasteiger partial charge in [-0.25, -0.2) is 0 Å². The van der Waals surface area contributed by atoms with Crippen molar-refractivity contribution in [2.45, 2.75) is 64.0 Å². The summed E-state index contributed by atoms with van der Waals surface area (Å²) < 4.78 is 0. The van der Waals surface area contributed by atoms with E-state index in [1.807, 2.05) is 12.1 Å². The smallest absolute Gasteiger partial charge is 0.224 e.